The molecule has 0 aromatic rings. The maximum atomic E-state index is 2.56. The molecule has 0 aromatic heterocycles. The van der Waals surface area contributed by atoms with Crippen LogP contribution in [0.15, 0.2) is 0 Å². The molecule has 0 bridgehead atoms. The summed E-state index contributed by atoms with van der Waals surface area (Å²) in [6.07, 6.45) is 5.76. The molecule has 0 amide bonds. The van der Waals surface area contributed by atoms with E-state index in [1.54, 1.807) is 0 Å². The first kappa shape index (κ1) is 20.8. The molecule has 0 unspecified atom stereocenters. The maximum Gasteiger partial charge on any atom is 0.0913 e. The van der Waals surface area contributed by atoms with Gasteiger partial charge in [0.15, 0.2) is 0 Å². The highest BCUT2D eigenvalue weighted by Crippen LogP contribution is 2.17. The molecule has 2 aliphatic rings. The SMILES string of the molecule is CN(CC[N+]1(C)CCCC1)CC[N+]1(C)CCCC1.[Br-].[Br-]. The molecule has 0 aliphatic carbocycles. The number of likely N-dealkylation sites (tertiary alicyclic amines) is 2. The normalized spacial score (nSPS) is 23.4. The molecule has 2 heterocycles. The highest BCUT2D eigenvalue weighted by Gasteiger charge is 2.28. The second-order valence-corrected chi connectivity index (χ2v) is 7.30. The first-order valence-corrected chi connectivity index (χ1v) is 7.87. The molecule has 2 rings (SSSR count). The van der Waals surface area contributed by atoms with E-state index in [0.717, 1.165) is 0 Å². The molecule has 0 saturated carbocycles. The molecule has 0 spiro atoms. The second-order valence-electron chi connectivity index (χ2n) is 7.30. The number of nitrogens with zero attached hydrogens (tertiary/aromatic N) is 3. The van der Waals surface area contributed by atoms with Crippen LogP contribution in [-0.2, 0) is 0 Å². The number of rotatable bonds is 6. The van der Waals surface area contributed by atoms with Crippen LogP contribution in [0.3, 0.4) is 0 Å². The van der Waals surface area contributed by atoms with E-state index < -0.39 is 0 Å². The molecule has 2 fully saturated rings. The molecule has 2 aliphatic heterocycles. The largest absolute Gasteiger partial charge is 1.00 e. The van der Waals surface area contributed by atoms with Crippen molar-refractivity contribution in [1.29, 1.82) is 0 Å². The fraction of sp³-hybridized carbons (Fsp3) is 1.00. The average Bonchev–Trinajstić information content (AvgIpc) is 2.95. The van der Waals surface area contributed by atoms with E-state index in [9.17, 15) is 0 Å². The predicted octanol–water partition coefficient (Wildman–Crippen LogP) is -4.59. The Balaban J connectivity index is 0.00000180. The van der Waals surface area contributed by atoms with E-state index in [0.29, 0.717) is 0 Å². The van der Waals surface area contributed by atoms with Crippen LogP contribution in [0.2, 0.25) is 0 Å². The van der Waals surface area contributed by atoms with E-state index in [-0.39, 0.29) is 34.0 Å². The minimum atomic E-state index is 0. The van der Waals surface area contributed by atoms with E-state index in [1.165, 1.54) is 87.0 Å². The molecule has 0 atom stereocenters. The molecular formula is C15H33Br2N3. The Labute approximate surface area is 147 Å². The third-order valence-corrected chi connectivity index (χ3v) is 5.33. The topological polar surface area (TPSA) is 3.24 Å². The highest BCUT2D eigenvalue weighted by atomic mass is 79.9. The van der Waals surface area contributed by atoms with Gasteiger partial charge in [-0.2, -0.15) is 0 Å². The Hall–Kier alpha value is 0.840. The average molecular weight is 415 g/mol. The zero-order valence-corrected chi connectivity index (χ0v) is 16.8. The van der Waals surface area contributed by atoms with Crippen molar-refractivity contribution in [3.63, 3.8) is 0 Å². The van der Waals surface area contributed by atoms with Crippen molar-refractivity contribution in [3.05, 3.63) is 0 Å². The maximum absolute atomic E-state index is 2.56. The van der Waals surface area contributed by atoms with Crippen molar-refractivity contribution in [2.45, 2.75) is 25.7 Å². The summed E-state index contributed by atoms with van der Waals surface area (Å²) in [5.74, 6) is 0. The van der Waals surface area contributed by atoms with Crippen molar-refractivity contribution < 1.29 is 42.9 Å². The highest BCUT2D eigenvalue weighted by molar-refractivity contribution is 4.58. The van der Waals surface area contributed by atoms with Gasteiger partial charge in [-0.15, -0.1) is 0 Å². The summed E-state index contributed by atoms with van der Waals surface area (Å²) in [4.78, 5) is 2.56. The van der Waals surface area contributed by atoms with Crippen molar-refractivity contribution >= 4 is 0 Å². The van der Waals surface area contributed by atoms with Gasteiger partial charge in [0, 0.05) is 38.8 Å². The predicted molar refractivity (Wildman–Crippen MR) is 77.5 cm³/mol. The van der Waals surface area contributed by atoms with E-state index in [1.807, 2.05) is 0 Å². The van der Waals surface area contributed by atoms with E-state index in [4.69, 9.17) is 0 Å². The van der Waals surface area contributed by atoms with Crippen LogP contribution in [0.5, 0.6) is 0 Å². The molecule has 20 heavy (non-hydrogen) atoms. The summed E-state index contributed by atoms with van der Waals surface area (Å²) >= 11 is 0. The van der Waals surface area contributed by atoms with Crippen molar-refractivity contribution in [1.82, 2.24) is 4.90 Å². The monoisotopic (exact) mass is 413 g/mol. The molecule has 2 saturated heterocycles. The zero-order chi connectivity index (χ0) is 13.1. The molecular weight excluding hydrogens is 382 g/mol. The van der Waals surface area contributed by atoms with Gasteiger partial charge >= 0.3 is 0 Å². The summed E-state index contributed by atoms with van der Waals surface area (Å²) in [5, 5.41) is 0. The molecule has 3 nitrogen and oxygen atoms in total. The lowest BCUT2D eigenvalue weighted by molar-refractivity contribution is -0.899. The summed E-state index contributed by atoms with van der Waals surface area (Å²) in [7, 11) is 7.19. The number of likely N-dealkylation sites (N-methyl/N-ethyl adjacent to an activating group) is 3. The summed E-state index contributed by atoms with van der Waals surface area (Å²) < 4.78 is 2.63. The number of hydrogen-bond acceptors (Lipinski definition) is 1. The summed E-state index contributed by atoms with van der Waals surface area (Å²) in [6.45, 7) is 10.9. The first-order chi connectivity index (χ1) is 8.52. The van der Waals surface area contributed by atoms with Crippen LogP contribution < -0.4 is 34.0 Å². The number of quaternary nitrogens is 2. The van der Waals surface area contributed by atoms with Crippen LogP contribution in [0, 0.1) is 0 Å². The Morgan fingerprint density at radius 3 is 1.30 bits per heavy atom. The third-order valence-electron chi connectivity index (χ3n) is 5.33. The molecule has 0 radical (unpaired) electrons. The van der Waals surface area contributed by atoms with Gasteiger partial charge in [-0.25, -0.2) is 0 Å². The van der Waals surface area contributed by atoms with E-state index >= 15 is 0 Å². The first-order valence-electron chi connectivity index (χ1n) is 7.87. The van der Waals surface area contributed by atoms with Gasteiger partial charge in [-0.05, 0) is 7.05 Å². The van der Waals surface area contributed by atoms with Gasteiger partial charge in [0.05, 0.1) is 53.4 Å². The Bertz CT molecular complexity index is 236. The van der Waals surface area contributed by atoms with Crippen LogP contribution in [0.1, 0.15) is 25.7 Å². The van der Waals surface area contributed by atoms with Crippen LogP contribution in [0.25, 0.3) is 0 Å². The second kappa shape index (κ2) is 9.09. The Kier molecular flexibility index (Phi) is 9.47. The molecule has 5 heteroatoms. The fourth-order valence-electron chi connectivity index (χ4n) is 3.58. The lowest BCUT2D eigenvalue weighted by atomic mass is 10.4. The summed E-state index contributed by atoms with van der Waals surface area (Å²) in [6, 6.07) is 0. The van der Waals surface area contributed by atoms with Crippen LogP contribution in [0.4, 0.5) is 0 Å². The quantitative estimate of drug-likeness (QED) is 0.395. The lowest BCUT2D eigenvalue weighted by Gasteiger charge is -2.33. The van der Waals surface area contributed by atoms with Gasteiger partial charge in [-0.1, -0.05) is 0 Å². The van der Waals surface area contributed by atoms with Crippen molar-refractivity contribution in [3.8, 4) is 0 Å². The number of hydrogen-bond donors (Lipinski definition) is 0. The third kappa shape index (κ3) is 6.30. The van der Waals surface area contributed by atoms with Crippen molar-refractivity contribution in [2.24, 2.45) is 0 Å². The lowest BCUT2D eigenvalue weighted by Crippen LogP contribution is -3.00. The number of halogens is 2. The Morgan fingerprint density at radius 2 is 1.00 bits per heavy atom. The van der Waals surface area contributed by atoms with Crippen LogP contribution in [-0.4, -0.2) is 87.4 Å². The van der Waals surface area contributed by atoms with Gasteiger partial charge in [0.2, 0.25) is 0 Å². The minimum Gasteiger partial charge on any atom is -1.00 e. The van der Waals surface area contributed by atoms with Gasteiger partial charge in [-0.3, -0.25) is 4.90 Å². The Morgan fingerprint density at radius 1 is 0.700 bits per heavy atom. The zero-order valence-electron chi connectivity index (χ0n) is 13.6. The van der Waals surface area contributed by atoms with Crippen LogP contribution >= 0.6 is 0 Å². The summed E-state index contributed by atoms with van der Waals surface area (Å²) in [5.41, 5.74) is 0. The minimum absolute atomic E-state index is 0. The smallest absolute Gasteiger partial charge is 0.0913 e. The molecule has 0 aromatic carbocycles. The molecule has 0 N–H and O–H groups in total. The fourth-order valence-corrected chi connectivity index (χ4v) is 3.58. The molecule has 122 valence electrons. The van der Waals surface area contributed by atoms with Gasteiger partial charge in [0.1, 0.15) is 0 Å². The standard InChI is InChI=1S/C15H33N3.2BrH/c1-16(8-14-17(2)10-4-5-11-17)9-15-18(3)12-6-7-13-18;;/h4-15H2,1-3H3;2*1H/q+2;;/p-2. The van der Waals surface area contributed by atoms with Gasteiger partial charge in [0.25, 0.3) is 0 Å². The van der Waals surface area contributed by atoms with Crippen molar-refractivity contribution in [2.75, 3.05) is 73.5 Å². The van der Waals surface area contributed by atoms with Gasteiger partial charge < -0.3 is 42.9 Å². The van der Waals surface area contributed by atoms with E-state index in [2.05, 4.69) is 26.0 Å².